The summed E-state index contributed by atoms with van der Waals surface area (Å²) in [5, 5.41) is 0. The van der Waals surface area contributed by atoms with Crippen LogP contribution in [0.3, 0.4) is 0 Å². The van der Waals surface area contributed by atoms with E-state index in [1.54, 1.807) is 7.11 Å². The smallest absolute Gasteiger partial charge is 0.161 e. The lowest BCUT2D eigenvalue weighted by molar-refractivity contribution is 0.142. The Hall–Kier alpha value is -1.22. The molecule has 0 saturated heterocycles. The molecule has 0 spiro atoms. The van der Waals surface area contributed by atoms with Gasteiger partial charge in [0.25, 0.3) is 0 Å². The van der Waals surface area contributed by atoms with Gasteiger partial charge in [-0.15, -0.1) is 0 Å². The molecule has 2 rings (SSSR count). The van der Waals surface area contributed by atoms with Crippen molar-refractivity contribution in [2.75, 3.05) is 7.11 Å². The van der Waals surface area contributed by atoms with Crippen molar-refractivity contribution in [3.8, 4) is 11.5 Å². The van der Waals surface area contributed by atoms with Crippen molar-refractivity contribution >= 4 is 0 Å². The number of hydrogen-bond donors (Lipinski definition) is 1. The summed E-state index contributed by atoms with van der Waals surface area (Å²) in [6.45, 7) is 0. The number of methoxy groups -OCH3 is 1. The van der Waals surface area contributed by atoms with E-state index in [0.717, 1.165) is 37.2 Å². The first-order valence-corrected chi connectivity index (χ1v) is 5.85. The van der Waals surface area contributed by atoms with Crippen LogP contribution in [0, 0.1) is 0 Å². The van der Waals surface area contributed by atoms with Gasteiger partial charge in [-0.25, -0.2) is 0 Å². The van der Waals surface area contributed by atoms with Gasteiger partial charge >= 0.3 is 0 Å². The van der Waals surface area contributed by atoms with Crippen LogP contribution in [0.4, 0.5) is 0 Å². The fourth-order valence-corrected chi connectivity index (χ4v) is 2.10. The van der Waals surface area contributed by atoms with Gasteiger partial charge in [0, 0.05) is 6.04 Å². The third kappa shape index (κ3) is 2.67. The van der Waals surface area contributed by atoms with E-state index in [2.05, 4.69) is 0 Å². The minimum atomic E-state index is 0.288. The zero-order valence-corrected chi connectivity index (χ0v) is 9.69. The molecule has 3 nitrogen and oxygen atoms in total. The molecule has 0 aromatic heterocycles. The quantitative estimate of drug-likeness (QED) is 0.852. The molecule has 0 unspecified atom stereocenters. The van der Waals surface area contributed by atoms with E-state index in [4.69, 9.17) is 15.2 Å². The van der Waals surface area contributed by atoms with Gasteiger partial charge < -0.3 is 15.2 Å². The normalized spacial score (nSPS) is 25.1. The van der Waals surface area contributed by atoms with Crippen LogP contribution in [0.15, 0.2) is 24.3 Å². The highest BCUT2D eigenvalue weighted by Gasteiger charge is 2.20. The van der Waals surface area contributed by atoms with Crippen molar-refractivity contribution in [1.82, 2.24) is 0 Å². The zero-order chi connectivity index (χ0) is 11.4. The van der Waals surface area contributed by atoms with Crippen molar-refractivity contribution in [3.05, 3.63) is 24.3 Å². The van der Waals surface area contributed by atoms with Crippen LogP contribution in [-0.4, -0.2) is 19.3 Å². The van der Waals surface area contributed by atoms with E-state index < -0.39 is 0 Å². The summed E-state index contributed by atoms with van der Waals surface area (Å²) in [5.41, 5.74) is 5.87. The lowest BCUT2D eigenvalue weighted by atomic mass is 9.94. The summed E-state index contributed by atoms with van der Waals surface area (Å²) in [4.78, 5) is 0. The second-order valence-corrected chi connectivity index (χ2v) is 4.31. The molecule has 0 aliphatic heterocycles. The maximum Gasteiger partial charge on any atom is 0.161 e. The average molecular weight is 221 g/mol. The van der Waals surface area contributed by atoms with Crippen molar-refractivity contribution in [1.29, 1.82) is 0 Å². The molecular formula is C13H19NO2. The standard InChI is InChI=1S/C13H19NO2/c1-15-12-4-2-3-5-13(12)16-11-8-6-10(14)7-9-11/h2-5,10-11H,6-9,14H2,1H3. The van der Waals surface area contributed by atoms with Crippen LogP contribution in [0.1, 0.15) is 25.7 Å². The Morgan fingerprint density at radius 1 is 1.06 bits per heavy atom. The largest absolute Gasteiger partial charge is 0.493 e. The zero-order valence-electron chi connectivity index (χ0n) is 9.69. The monoisotopic (exact) mass is 221 g/mol. The molecule has 16 heavy (non-hydrogen) atoms. The van der Waals surface area contributed by atoms with Crippen LogP contribution in [0.25, 0.3) is 0 Å². The van der Waals surface area contributed by atoms with Gasteiger partial charge in [-0.05, 0) is 37.8 Å². The molecule has 2 N–H and O–H groups in total. The predicted octanol–water partition coefficient (Wildman–Crippen LogP) is 2.34. The van der Waals surface area contributed by atoms with Gasteiger partial charge in [0.1, 0.15) is 0 Å². The van der Waals surface area contributed by atoms with Gasteiger partial charge in [0.15, 0.2) is 11.5 Å². The third-order valence-electron chi connectivity index (χ3n) is 3.08. The number of ether oxygens (including phenoxy) is 2. The van der Waals surface area contributed by atoms with Crippen molar-refractivity contribution in [3.63, 3.8) is 0 Å². The molecule has 3 heteroatoms. The maximum atomic E-state index is 5.95. The fourth-order valence-electron chi connectivity index (χ4n) is 2.10. The molecule has 1 saturated carbocycles. The molecule has 1 aromatic rings. The molecule has 0 bridgehead atoms. The second-order valence-electron chi connectivity index (χ2n) is 4.31. The molecule has 0 radical (unpaired) electrons. The molecule has 0 atom stereocenters. The van der Waals surface area contributed by atoms with Crippen molar-refractivity contribution < 1.29 is 9.47 Å². The van der Waals surface area contributed by atoms with E-state index in [0.29, 0.717) is 6.04 Å². The Balaban J connectivity index is 1.98. The highest BCUT2D eigenvalue weighted by molar-refractivity contribution is 5.39. The van der Waals surface area contributed by atoms with Gasteiger partial charge in [0.2, 0.25) is 0 Å². The topological polar surface area (TPSA) is 44.5 Å². The molecule has 1 aliphatic carbocycles. The SMILES string of the molecule is COc1ccccc1OC1CCC(N)CC1. The Morgan fingerprint density at radius 2 is 1.69 bits per heavy atom. The van der Waals surface area contributed by atoms with Crippen molar-refractivity contribution in [2.24, 2.45) is 5.73 Å². The van der Waals surface area contributed by atoms with Crippen LogP contribution >= 0.6 is 0 Å². The summed E-state index contributed by atoms with van der Waals surface area (Å²) in [5.74, 6) is 1.64. The summed E-state index contributed by atoms with van der Waals surface area (Å²) < 4.78 is 11.2. The minimum Gasteiger partial charge on any atom is -0.493 e. The highest BCUT2D eigenvalue weighted by atomic mass is 16.5. The van der Waals surface area contributed by atoms with Crippen LogP contribution in [0.5, 0.6) is 11.5 Å². The molecule has 1 fully saturated rings. The average Bonchev–Trinajstić information content (AvgIpc) is 2.33. The van der Waals surface area contributed by atoms with Gasteiger partial charge in [-0.1, -0.05) is 12.1 Å². The summed E-state index contributed by atoms with van der Waals surface area (Å²) in [6, 6.07) is 8.14. The van der Waals surface area contributed by atoms with Gasteiger partial charge in [-0.2, -0.15) is 0 Å². The Labute approximate surface area is 96.5 Å². The highest BCUT2D eigenvalue weighted by Crippen LogP contribution is 2.30. The molecule has 1 aliphatic rings. The predicted molar refractivity (Wildman–Crippen MR) is 63.9 cm³/mol. The number of nitrogens with two attached hydrogens (primary N) is 1. The molecule has 1 aromatic carbocycles. The van der Waals surface area contributed by atoms with E-state index in [-0.39, 0.29) is 6.10 Å². The molecular weight excluding hydrogens is 202 g/mol. The Morgan fingerprint density at radius 3 is 2.31 bits per heavy atom. The van der Waals surface area contributed by atoms with Crippen LogP contribution in [-0.2, 0) is 0 Å². The lowest BCUT2D eigenvalue weighted by Crippen LogP contribution is -2.31. The van der Waals surface area contributed by atoms with Gasteiger partial charge in [0.05, 0.1) is 13.2 Å². The van der Waals surface area contributed by atoms with E-state index in [9.17, 15) is 0 Å². The molecule has 88 valence electrons. The molecule has 0 heterocycles. The first-order chi connectivity index (χ1) is 7.79. The number of benzene rings is 1. The first kappa shape index (κ1) is 11.3. The van der Waals surface area contributed by atoms with Gasteiger partial charge in [-0.3, -0.25) is 0 Å². The summed E-state index contributed by atoms with van der Waals surface area (Å²) >= 11 is 0. The van der Waals surface area contributed by atoms with Crippen molar-refractivity contribution in [2.45, 2.75) is 37.8 Å². The molecule has 0 amide bonds. The Bertz CT molecular complexity index is 332. The first-order valence-electron chi connectivity index (χ1n) is 5.85. The summed E-state index contributed by atoms with van der Waals surface area (Å²) in [7, 11) is 1.67. The fraction of sp³-hybridized carbons (Fsp3) is 0.538. The third-order valence-corrected chi connectivity index (χ3v) is 3.08. The second kappa shape index (κ2) is 5.21. The lowest BCUT2D eigenvalue weighted by Gasteiger charge is -2.27. The number of para-hydroxylation sites is 2. The summed E-state index contributed by atoms with van der Waals surface area (Å²) in [6.07, 6.45) is 4.48. The minimum absolute atomic E-state index is 0.288. The maximum absolute atomic E-state index is 5.95. The number of rotatable bonds is 3. The Kier molecular flexibility index (Phi) is 3.67. The van der Waals surface area contributed by atoms with E-state index >= 15 is 0 Å². The van der Waals surface area contributed by atoms with E-state index in [1.807, 2.05) is 24.3 Å². The van der Waals surface area contributed by atoms with E-state index in [1.165, 1.54) is 0 Å². The van der Waals surface area contributed by atoms with Crippen LogP contribution < -0.4 is 15.2 Å². The van der Waals surface area contributed by atoms with Crippen LogP contribution in [0.2, 0.25) is 0 Å². The number of hydrogen-bond acceptors (Lipinski definition) is 3.